The Kier molecular flexibility index (Phi) is 5.89. The van der Waals surface area contributed by atoms with E-state index in [2.05, 4.69) is 15.8 Å². The molecule has 2 unspecified atom stereocenters. The van der Waals surface area contributed by atoms with E-state index in [0.29, 0.717) is 44.8 Å². The summed E-state index contributed by atoms with van der Waals surface area (Å²) in [6.07, 6.45) is 2.20. The molecule has 28 heavy (non-hydrogen) atoms. The second-order valence-electron chi connectivity index (χ2n) is 7.82. The molecule has 4 rings (SSSR count). The van der Waals surface area contributed by atoms with Crippen molar-refractivity contribution in [2.24, 2.45) is 5.92 Å². The molecule has 0 aliphatic carbocycles. The van der Waals surface area contributed by atoms with Gasteiger partial charge in [-0.15, -0.1) is 0 Å². The van der Waals surface area contributed by atoms with Gasteiger partial charge in [-0.25, -0.2) is 9.82 Å². The minimum atomic E-state index is -0.372. The quantitative estimate of drug-likeness (QED) is 0.778. The summed E-state index contributed by atoms with van der Waals surface area (Å²) in [5, 5.41) is 0. The predicted molar refractivity (Wildman–Crippen MR) is 103 cm³/mol. The number of rotatable bonds is 4. The first-order valence-electron chi connectivity index (χ1n) is 10.2. The van der Waals surface area contributed by atoms with Crippen LogP contribution in [0.4, 0.5) is 4.39 Å². The summed E-state index contributed by atoms with van der Waals surface area (Å²) in [5.41, 5.74) is 6.58. The molecule has 0 saturated carbocycles. The maximum atomic E-state index is 14.2. The average molecular weight is 389 g/mol. The Labute approximate surface area is 164 Å². The molecule has 0 bridgehead atoms. The third-order valence-electron chi connectivity index (χ3n) is 6.04. The SMILES string of the molecule is O=C(CN1CCN(C(=O)C2CNNC2c2ccccc2F)CC1)N1CCCC1. The second-order valence-corrected chi connectivity index (χ2v) is 7.82. The molecule has 3 aliphatic rings. The molecule has 2 N–H and O–H groups in total. The molecule has 3 aliphatic heterocycles. The van der Waals surface area contributed by atoms with E-state index in [4.69, 9.17) is 0 Å². The summed E-state index contributed by atoms with van der Waals surface area (Å²) >= 11 is 0. The van der Waals surface area contributed by atoms with Crippen LogP contribution in [0.15, 0.2) is 24.3 Å². The first-order valence-corrected chi connectivity index (χ1v) is 10.2. The number of hydrogen-bond donors (Lipinski definition) is 2. The molecule has 0 radical (unpaired) electrons. The fraction of sp³-hybridized carbons (Fsp3) is 0.600. The van der Waals surface area contributed by atoms with Crippen molar-refractivity contribution in [1.29, 1.82) is 0 Å². The van der Waals surface area contributed by atoms with E-state index in [1.54, 1.807) is 18.2 Å². The van der Waals surface area contributed by atoms with Crippen LogP contribution in [0.25, 0.3) is 0 Å². The standard InChI is InChI=1S/C20H28FN5O2/c21-17-6-2-1-5-15(17)19-16(13-22-23-19)20(28)26-11-9-24(10-12-26)14-18(27)25-7-3-4-8-25/h1-2,5-6,16,19,22-23H,3-4,7-14H2. The van der Waals surface area contributed by atoms with Gasteiger partial charge in [-0.05, 0) is 18.9 Å². The first kappa shape index (κ1) is 19.3. The van der Waals surface area contributed by atoms with Gasteiger partial charge in [-0.3, -0.25) is 19.9 Å². The van der Waals surface area contributed by atoms with Crippen LogP contribution in [-0.2, 0) is 9.59 Å². The Morgan fingerprint density at radius 2 is 1.71 bits per heavy atom. The van der Waals surface area contributed by atoms with Crippen LogP contribution in [0, 0.1) is 11.7 Å². The number of nitrogens with one attached hydrogen (secondary N) is 2. The van der Waals surface area contributed by atoms with Crippen LogP contribution >= 0.6 is 0 Å². The molecule has 2 atom stereocenters. The number of nitrogens with zero attached hydrogens (tertiary/aromatic N) is 3. The van der Waals surface area contributed by atoms with Crippen LogP contribution in [0.1, 0.15) is 24.4 Å². The zero-order valence-corrected chi connectivity index (χ0v) is 16.1. The van der Waals surface area contributed by atoms with Gasteiger partial charge in [0.25, 0.3) is 0 Å². The maximum absolute atomic E-state index is 14.2. The minimum Gasteiger partial charge on any atom is -0.342 e. The highest BCUT2D eigenvalue weighted by molar-refractivity contribution is 5.81. The van der Waals surface area contributed by atoms with Gasteiger partial charge in [0.1, 0.15) is 5.82 Å². The van der Waals surface area contributed by atoms with Crippen molar-refractivity contribution in [2.45, 2.75) is 18.9 Å². The molecular weight excluding hydrogens is 361 g/mol. The number of piperazine rings is 1. The topological polar surface area (TPSA) is 67.9 Å². The van der Waals surface area contributed by atoms with Gasteiger partial charge in [-0.2, -0.15) is 0 Å². The molecule has 0 spiro atoms. The van der Waals surface area contributed by atoms with E-state index in [0.717, 1.165) is 25.9 Å². The molecule has 0 aromatic heterocycles. The number of hydrogen-bond acceptors (Lipinski definition) is 5. The van der Waals surface area contributed by atoms with Crippen molar-refractivity contribution in [1.82, 2.24) is 25.6 Å². The number of carbonyl (C=O) groups excluding carboxylic acids is 2. The predicted octanol–water partition coefficient (Wildman–Crippen LogP) is 0.357. The fourth-order valence-corrected chi connectivity index (χ4v) is 4.37. The van der Waals surface area contributed by atoms with Gasteiger partial charge in [0.15, 0.2) is 0 Å². The molecule has 2 amide bonds. The average Bonchev–Trinajstić information content (AvgIpc) is 3.40. The van der Waals surface area contributed by atoms with E-state index in [9.17, 15) is 14.0 Å². The van der Waals surface area contributed by atoms with Gasteiger partial charge < -0.3 is 9.80 Å². The van der Waals surface area contributed by atoms with Crippen LogP contribution in [0.3, 0.4) is 0 Å². The number of carbonyl (C=O) groups is 2. The summed E-state index contributed by atoms with van der Waals surface area (Å²) in [5.74, 6) is -0.404. The number of benzene rings is 1. The molecule has 3 fully saturated rings. The van der Waals surface area contributed by atoms with Gasteiger partial charge in [0, 0.05) is 51.4 Å². The molecule has 7 nitrogen and oxygen atoms in total. The fourth-order valence-electron chi connectivity index (χ4n) is 4.37. The highest BCUT2D eigenvalue weighted by atomic mass is 19.1. The van der Waals surface area contributed by atoms with Gasteiger partial charge in [0.05, 0.1) is 18.5 Å². The Bertz CT molecular complexity index is 716. The highest BCUT2D eigenvalue weighted by Gasteiger charge is 2.38. The monoisotopic (exact) mass is 389 g/mol. The first-order chi connectivity index (χ1) is 13.6. The van der Waals surface area contributed by atoms with E-state index in [1.165, 1.54) is 6.07 Å². The molecule has 8 heteroatoms. The normalized spacial score (nSPS) is 26.0. The zero-order chi connectivity index (χ0) is 19.5. The number of hydrazine groups is 1. The van der Waals surface area contributed by atoms with E-state index in [1.807, 2.05) is 9.80 Å². The lowest BCUT2D eigenvalue weighted by Gasteiger charge is -2.36. The second kappa shape index (κ2) is 8.55. The summed E-state index contributed by atoms with van der Waals surface area (Å²) < 4.78 is 14.2. The number of likely N-dealkylation sites (tertiary alicyclic amines) is 1. The summed E-state index contributed by atoms with van der Waals surface area (Å²) in [6.45, 7) is 5.26. The zero-order valence-electron chi connectivity index (χ0n) is 16.1. The minimum absolute atomic E-state index is 0.0382. The summed E-state index contributed by atoms with van der Waals surface area (Å²) in [4.78, 5) is 31.3. The van der Waals surface area contributed by atoms with Crippen LogP contribution in [0.5, 0.6) is 0 Å². The Morgan fingerprint density at radius 1 is 1.00 bits per heavy atom. The molecule has 3 heterocycles. The molecular formula is C20H28FN5O2. The summed E-state index contributed by atoms with van der Waals surface area (Å²) in [6, 6.07) is 6.22. The van der Waals surface area contributed by atoms with Crippen molar-refractivity contribution >= 4 is 11.8 Å². The molecule has 3 saturated heterocycles. The highest BCUT2D eigenvalue weighted by Crippen LogP contribution is 2.28. The van der Waals surface area contributed by atoms with Crippen LogP contribution in [-0.4, -0.2) is 78.9 Å². The van der Waals surface area contributed by atoms with Gasteiger partial charge in [0.2, 0.25) is 11.8 Å². The van der Waals surface area contributed by atoms with Crippen molar-refractivity contribution in [3.05, 3.63) is 35.6 Å². The third-order valence-corrected chi connectivity index (χ3v) is 6.04. The van der Waals surface area contributed by atoms with Crippen LogP contribution < -0.4 is 10.9 Å². The van der Waals surface area contributed by atoms with E-state index >= 15 is 0 Å². The van der Waals surface area contributed by atoms with Crippen molar-refractivity contribution in [3.63, 3.8) is 0 Å². The third kappa shape index (κ3) is 4.04. The molecule has 152 valence electrons. The smallest absolute Gasteiger partial charge is 0.236 e. The van der Waals surface area contributed by atoms with Crippen molar-refractivity contribution < 1.29 is 14.0 Å². The lowest BCUT2D eigenvalue weighted by atomic mass is 9.93. The Balaban J connectivity index is 1.32. The van der Waals surface area contributed by atoms with Crippen LogP contribution in [0.2, 0.25) is 0 Å². The lowest BCUT2D eigenvalue weighted by molar-refractivity contribution is -0.138. The lowest BCUT2D eigenvalue weighted by Crippen LogP contribution is -2.53. The van der Waals surface area contributed by atoms with E-state index < -0.39 is 0 Å². The van der Waals surface area contributed by atoms with Gasteiger partial charge in [-0.1, -0.05) is 18.2 Å². The van der Waals surface area contributed by atoms with E-state index in [-0.39, 0.29) is 29.6 Å². The molecule has 1 aromatic carbocycles. The molecule has 1 aromatic rings. The van der Waals surface area contributed by atoms with Crippen molar-refractivity contribution in [3.8, 4) is 0 Å². The van der Waals surface area contributed by atoms with Crippen molar-refractivity contribution in [2.75, 3.05) is 52.4 Å². The van der Waals surface area contributed by atoms with Gasteiger partial charge >= 0.3 is 0 Å². The summed E-state index contributed by atoms with van der Waals surface area (Å²) in [7, 11) is 0. The number of amides is 2. The Morgan fingerprint density at radius 3 is 2.43 bits per heavy atom. The largest absolute Gasteiger partial charge is 0.342 e. The number of halogens is 1. The Hall–Kier alpha value is -2.03. The maximum Gasteiger partial charge on any atom is 0.236 e.